The zero-order valence-corrected chi connectivity index (χ0v) is 20.0. The molecular weight excluding hydrogens is 464 g/mol. The van der Waals surface area contributed by atoms with E-state index in [1.807, 2.05) is 60.7 Å². The van der Waals surface area contributed by atoms with Gasteiger partial charge in [0.05, 0.1) is 11.2 Å². The number of nitrogens with zero attached hydrogens (tertiary/aromatic N) is 1. The van der Waals surface area contributed by atoms with Crippen molar-refractivity contribution in [3.63, 3.8) is 0 Å². The maximum absolute atomic E-state index is 12.8. The zero-order chi connectivity index (χ0) is 24.5. The Labute approximate surface area is 214 Å². The largest absolute Gasteiger partial charge is 0.321 e. The summed E-state index contributed by atoms with van der Waals surface area (Å²) in [5, 5.41) is 7.06. The number of hydrogen-bond acceptors (Lipinski definition) is 2. The summed E-state index contributed by atoms with van der Waals surface area (Å²) >= 11 is 6.36. The number of carbonyl (C=O) groups is 1. The van der Waals surface area contributed by atoms with Gasteiger partial charge < -0.3 is 5.32 Å². The third-order valence-corrected chi connectivity index (χ3v) is 6.55. The standard InChI is InChI=1S/C32H21ClN2O/c33-27-15-17-30(35-32(36)23-7-2-1-3-8-23)28(20-27)25-12-11-22-14-16-29(34-31(22)19-25)26-13-10-21-6-4-5-9-24(21)18-26/h1-20H,(H,35,36). The van der Waals surface area contributed by atoms with Gasteiger partial charge in [-0.25, -0.2) is 4.98 Å². The van der Waals surface area contributed by atoms with Crippen LogP contribution in [0.4, 0.5) is 5.69 Å². The van der Waals surface area contributed by atoms with Crippen LogP contribution in [-0.2, 0) is 0 Å². The smallest absolute Gasteiger partial charge is 0.255 e. The Morgan fingerprint density at radius 3 is 2.22 bits per heavy atom. The van der Waals surface area contributed by atoms with E-state index in [2.05, 4.69) is 47.8 Å². The highest BCUT2D eigenvalue weighted by atomic mass is 35.5. The Morgan fingerprint density at radius 2 is 1.36 bits per heavy atom. The highest BCUT2D eigenvalue weighted by Gasteiger charge is 2.12. The van der Waals surface area contributed by atoms with Gasteiger partial charge in [0.2, 0.25) is 0 Å². The maximum Gasteiger partial charge on any atom is 0.255 e. The van der Waals surface area contributed by atoms with Gasteiger partial charge in [0.15, 0.2) is 0 Å². The van der Waals surface area contributed by atoms with Crippen LogP contribution in [0.1, 0.15) is 10.4 Å². The summed E-state index contributed by atoms with van der Waals surface area (Å²) in [6, 6.07) is 39.6. The van der Waals surface area contributed by atoms with Crippen molar-refractivity contribution in [3.05, 3.63) is 132 Å². The summed E-state index contributed by atoms with van der Waals surface area (Å²) < 4.78 is 0. The molecule has 4 heteroatoms. The minimum Gasteiger partial charge on any atom is -0.321 e. The molecule has 0 spiro atoms. The van der Waals surface area contributed by atoms with Crippen LogP contribution in [0.5, 0.6) is 0 Å². The van der Waals surface area contributed by atoms with Crippen LogP contribution in [0.3, 0.4) is 0 Å². The molecule has 5 aromatic carbocycles. The molecule has 0 fully saturated rings. The summed E-state index contributed by atoms with van der Waals surface area (Å²) in [5.41, 5.74) is 5.91. The van der Waals surface area contributed by atoms with Gasteiger partial charge in [-0.2, -0.15) is 0 Å². The zero-order valence-electron chi connectivity index (χ0n) is 19.3. The van der Waals surface area contributed by atoms with E-state index >= 15 is 0 Å². The maximum atomic E-state index is 12.8. The Balaban J connectivity index is 1.40. The lowest BCUT2D eigenvalue weighted by Crippen LogP contribution is -2.12. The van der Waals surface area contributed by atoms with Gasteiger partial charge in [0.1, 0.15) is 0 Å². The minimum absolute atomic E-state index is 0.170. The second-order valence-corrected chi connectivity index (χ2v) is 9.11. The van der Waals surface area contributed by atoms with Gasteiger partial charge in [-0.1, -0.05) is 84.4 Å². The fourth-order valence-corrected chi connectivity index (χ4v) is 4.61. The van der Waals surface area contributed by atoms with Crippen molar-refractivity contribution in [1.29, 1.82) is 0 Å². The van der Waals surface area contributed by atoms with Gasteiger partial charge >= 0.3 is 0 Å². The fourth-order valence-electron chi connectivity index (χ4n) is 4.44. The van der Waals surface area contributed by atoms with E-state index in [4.69, 9.17) is 16.6 Å². The number of aromatic nitrogens is 1. The number of amides is 1. The first-order valence-corrected chi connectivity index (χ1v) is 12.1. The summed E-state index contributed by atoms with van der Waals surface area (Å²) in [5.74, 6) is -0.170. The van der Waals surface area contributed by atoms with Crippen molar-refractivity contribution < 1.29 is 4.79 Å². The van der Waals surface area contributed by atoms with E-state index in [1.165, 1.54) is 10.8 Å². The number of pyridine rings is 1. The number of benzene rings is 5. The number of anilines is 1. The molecular formula is C32H21ClN2O. The number of halogens is 1. The van der Waals surface area contributed by atoms with Crippen LogP contribution in [0.15, 0.2) is 121 Å². The second-order valence-electron chi connectivity index (χ2n) is 8.68. The Hall–Kier alpha value is -4.47. The third-order valence-electron chi connectivity index (χ3n) is 6.31. The molecule has 0 saturated heterocycles. The van der Waals surface area contributed by atoms with Gasteiger partial charge in [0.25, 0.3) is 5.91 Å². The summed E-state index contributed by atoms with van der Waals surface area (Å²) in [6.45, 7) is 0. The topological polar surface area (TPSA) is 42.0 Å². The third kappa shape index (κ3) is 4.33. The van der Waals surface area contributed by atoms with Gasteiger partial charge in [-0.3, -0.25) is 4.79 Å². The van der Waals surface area contributed by atoms with E-state index in [1.54, 1.807) is 18.2 Å². The molecule has 0 radical (unpaired) electrons. The molecule has 0 aliphatic rings. The summed E-state index contributed by atoms with van der Waals surface area (Å²) in [7, 11) is 0. The van der Waals surface area contributed by atoms with Crippen molar-refractivity contribution in [2.24, 2.45) is 0 Å². The van der Waals surface area contributed by atoms with Crippen LogP contribution in [0.2, 0.25) is 5.02 Å². The molecule has 6 aromatic rings. The van der Waals surface area contributed by atoms with Crippen LogP contribution in [0, 0.1) is 0 Å². The molecule has 0 unspecified atom stereocenters. The molecule has 6 rings (SSSR count). The Bertz CT molecular complexity index is 1740. The molecule has 1 heterocycles. The minimum atomic E-state index is -0.170. The lowest BCUT2D eigenvalue weighted by Gasteiger charge is -2.13. The molecule has 0 aliphatic heterocycles. The Morgan fingerprint density at radius 1 is 0.639 bits per heavy atom. The number of hydrogen-bond donors (Lipinski definition) is 1. The molecule has 1 amide bonds. The average Bonchev–Trinajstić information content (AvgIpc) is 2.93. The van der Waals surface area contributed by atoms with Crippen molar-refractivity contribution in [3.8, 4) is 22.4 Å². The Kier molecular flexibility index (Phi) is 5.68. The molecule has 1 aromatic heterocycles. The quantitative estimate of drug-likeness (QED) is 0.272. The molecule has 172 valence electrons. The molecule has 36 heavy (non-hydrogen) atoms. The monoisotopic (exact) mass is 484 g/mol. The van der Waals surface area contributed by atoms with E-state index < -0.39 is 0 Å². The number of rotatable bonds is 4. The first kappa shape index (κ1) is 22.0. The summed E-state index contributed by atoms with van der Waals surface area (Å²) in [6.07, 6.45) is 0. The van der Waals surface area contributed by atoms with Crippen molar-refractivity contribution >= 4 is 44.9 Å². The highest BCUT2D eigenvalue weighted by Crippen LogP contribution is 2.34. The van der Waals surface area contributed by atoms with Crippen LogP contribution in [-0.4, -0.2) is 10.9 Å². The lowest BCUT2D eigenvalue weighted by molar-refractivity contribution is 0.102. The van der Waals surface area contributed by atoms with E-state index in [9.17, 15) is 4.79 Å². The molecule has 0 atom stereocenters. The van der Waals surface area contributed by atoms with Crippen molar-refractivity contribution in [2.45, 2.75) is 0 Å². The molecule has 1 N–H and O–H groups in total. The number of nitrogens with one attached hydrogen (secondary N) is 1. The average molecular weight is 485 g/mol. The van der Waals surface area contributed by atoms with Crippen molar-refractivity contribution in [2.75, 3.05) is 5.32 Å². The predicted octanol–water partition coefficient (Wildman–Crippen LogP) is 8.63. The molecule has 0 saturated carbocycles. The van der Waals surface area contributed by atoms with Crippen LogP contribution >= 0.6 is 11.6 Å². The van der Waals surface area contributed by atoms with E-state index in [0.717, 1.165) is 33.3 Å². The van der Waals surface area contributed by atoms with Gasteiger partial charge in [0, 0.05) is 32.8 Å². The normalized spacial score (nSPS) is 11.0. The first-order chi connectivity index (χ1) is 17.6. The van der Waals surface area contributed by atoms with E-state index in [0.29, 0.717) is 16.3 Å². The molecule has 0 aliphatic carbocycles. The first-order valence-electron chi connectivity index (χ1n) is 11.7. The predicted molar refractivity (Wildman–Crippen MR) is 150 cm³/mol. The van der Waals surface area contributed by atoms with E-state index in [-0.39, 0.29) is 5.91 Å². The van der Waals surface area contributed by atoms with Gasteiger partial charge in [-0.15, -0.1) is 0 Å². The van der Waals surface area contributed by atoms with Crippen LogP contribution < -0.4 is 5.32 Å². The fraction of sp³-hybridized carbons (Fsp3) is 0. The molecule has 0 bridgehead atoms. The number of fused-ring (bicyclic) bond motifs is 2. The van der Waals surface area contributed by atoms with Crippen LogP contribution in [0.25, 0.3) is 44.1 Å². The summed E-state index contributed by atoms with van der Waals surface area (Å²) in [4.78, 5) is 17.8. The SMILES string of the molecule is O=C(Nc1ccc(Cl)cc1-c1ccc2ccc(-c3ccc4ccccc4c3)nc2c1)c1ccccc1. The lowest BCUT2D eigenvalue weighted by atomic mass is 10.0. The number of carbonyl (C=O) groups excluding carboxylic acids is 1. The highest BCUT2D eigenvalue weighted by molar-refractivity contribution is 6.31. The second kappa shape index (κ2) is 9.29. The van der Waals surface area contributed by atoms with Crippen molar-refractivity contribution in [1.82, 2.24) is 4.98 Å². The molecule has 3 nitrogen and oxygen atoms in total. The van der Waals surface area contributed by atoms with Gasteiger partial charge in [-0.05, 0) is 64.9 Å².